The average molecular weight is 252 g/mol. The molecular formula is C13H24N4O. The maximum Gasteiger partial charge on any atom is 0.213 e. The van der Waals surface area contributed by atoms with Gasteiger partial charge in [-0.2, -0.15) is 5.10 Å². The minimum atomic E-state index is -0.0948. The Bertz CT molecular complexity index is 404. The van der Waals surface area contributed by atoms with Crippen molar-refractivity contribution in [3.05, 3.63) is 6.07 Å². The molecule has 1 heterocycles. The van der Waals surface area contributed by atoms with E-state index < -0.39 is 0 Å². The molecule has 2 unspecified atom stereocenters. The molecule has 0 bridgehead atoms. The molecule has 102 valence electrons. The van der Waals surface area contributed by atoms with E-state index >= 15 is 0 Å². The molecule has 5 heteroatoms. The van der Waals surface area contributed by atoms with Gasteiger partial charge in [-0.15, -0.1) is 0 Å². The molecule has 18 heavy (non-hydrogen) atoms. The zero-order valence-corrected chi connectivity index (χ0v) is 11.6. The number of nitrogens with two attached hydrogens (primary N) is 1. The summed E-state index contributed by atoms with van der Waals surface area (Å²) >= 11 is 0. The summed E-state index contributed by atoms with van der Waals surface area (Å²) < 4.78 is 6.91. The third-order valence-corrected chi connectivity index (χ3v) is 3.79. The van der Waals surface area contributed by atoms with Crippen LogP contribution >= 0.6 is 0 Å². The Kier molecular flexibility index (Phi) is 3.80. The van der Waals surface area contributed by atoms with Gasteiger partial charge in [0.1, 0.15) is 0 Å². The highest BCUT2D eigenvalue weighted by Crippen LogP contribution is 2.30. The van der Waals surface area contributed by atoms with Crippen LogP contribution < -0.4 is 15.8 Å². The van der Waals surface area contributed by atoms with Gasteiger partial charge >= 0.3 is 0 Å². The number of methoxy groups -OCH3 is 1. The molecular weight excluding hydrogens is 228 g/mol. The lowest BCUT2D eigenvalue weighted by Gasteiger charge is -2.36. The first-order chi connectivity index (χ1) is 8.52. The van der Waals surface area contributed by atoms with Crippen LogP contribution in [0.3, 0.4) is 0 Å². The molecule has 2 rings (SSSR count). The summed E-state index contributed by atoms with van der Waals surface area (Å²) in [5, 5.41) is 7.68. The van der Waals surface area contributed by atoms with E-state index in [2.05, 4.69) is 17.3 Å². The van der Waals surface area contributed by atoms with Gasteiger partial charge in [-0.25, -0.2) is 4.68 Å². The summed E-state index contributed by atoms with van der Waals surface area (Å²) in [7, 11) is 3.51. The molecule has 0 saturated heterocycles. The summed E-state index contributed by atoms with van der Waals surface area (Å²) in [4.78, 5) is 0. The molecule has 1 aromatic heterocycles. The van der Waals surface area contributed by atoms with Crippen LogP contribution in [0.25, 0.3) is 0 Å². The zero-order valence-electron chi connectivity index (χ0n) is 11.6. The molecule has 1 aliphatic rings. The van der Waals surface area contributed by atoms with Gasteiger partial charge in [0.2, 0.25) is 5.88 Å². The van der Waals surface area contributed by atoms with Crippen molar-refractivity contribution < 1.29 is 4.74 Å². The monoisotopic (exact) mass is 252 g/mol. The van der Waals surface area contributed by atoms with Gasteiger partial charge in [0.15, 0.2) is 5.82 Å². The number of ether oxygens (including phenoxy) is 1. The van der Waals surface area contributed by atoms with Crippen LogP contribution in [0.15, 0.2) is 6.07 Å². The molecule has 0 radical (unpaired) electrons. The number of hydrogen-bond acceptors (Lipinski definition) is 4. The van der Waals surface area contributed by atoms with E-state index in [4.69, 9.17) is 10.5 Å². The zero-order chi connectivity index (χ0) is 13.2. The van der Waals surface area contributed by atoms with Gasteiger partial charge in [-0.05, 0) is 18.8 Å². The lowest BCUT2D eigenvalue weighted by molar-refractivity contribution is 0.248. The second-order valence-electron chi connectivity index (χ2n) is 5.61. The number of nitrogens with zero attached hydrogens (tertiary/aromatic N) is 2. The summed E-state index contributed by atoms with van der Waals surface area (Å²) in [6, 6.07) is 1.90. The minimum Gasteiger partial charge on any atom is -0.481 e. The Morgan fingerprint density at radius 3 is 3.06 bits per heavy atom. The van der Waals surface area contributed by atoms with Crippen LogP contribution in [0.1, 0.15) is 32.6 Å². The minimum absolute atomic E-state index is 0.0948. The Balaban J connectivity index is 1.93. The van der Waals surface area contributed by atoms with E-state index in [0.717, 1.165) is 37.0 Å². The topological polar surface area (TPSA) is 65.1 Å². The van der Waals surface area contributed by atoms with E-state index in [-0.39, 0.29) is 5.54 Å². The van der Waals surface area contributed by atoms with Crippen LogP contribution in [0.4, 0.5) is 5.82 Å². The fourth-order valence-electron chi connectivity index (χ4n) is 2.86. The predicted octanol–water partition coefficient (Wildman–Crippen LogP) is 1.75. The van der Waals surface area contributed by atoms with Crippen molar-refractivity contribution in [3.63, 3.8) is 0 Å². The van der Waals surface area contributed by atoms with Crippen molar-refractivity contribution in [2.75, 3.05) is 19.0 Å². The number of rotatable bonds is 4. The number of aryl methyl sites for hydroxylation is 1. The Morgan fingerprint density at radius 2 is 2.44 bits per heavy atom. The number of aromatic nitrogens is 2. The van der Waals surface area contributed by atoms with Gasteiger partial charge in [-0.1, -0.05) is 19.8 Å². The largest absolute Gasteiger partial charge is 0.481 e. The number of anilines is 1. The maximum absolute atomic E-state index is 6.45. The Morgan fingerprint density at radius 1 is 1.67 bits per heavy atom. The van der Waals surface area contributed by atoms with Gasteiger partial charge in [0, 0.05) is 25.2 Å². The van der Waals surface area contributed by atoms with Crippen LogP contribution in [-0.2, 0) is 7.05 Å². The van der Waals surface area contributed by atoms with E-state index in [1.165, 1.54) is 12.8 Å². The molecule has 5 nitrogen and oxygen atoms in total. The molecule has 0 spiro atoms. The fraction of sp³-hybridized carbons (Fsp3) is 0.769. The highest BCUT2D eigenvalue weighted by Gasteiger charge is 2.30. The molecule has 0 amide bonds. The maximum atomic E-state index is 6.45. The van der Waals surface area contributed by atoms with E-state index in [1.54, 1.807) is 11.8 Å². The van der Waals surface area contributed by atoms with Crippen LogP contribution in [0.5, 0.6) is 5.88 Å². The molecule has 3 N–H and O–H groups in total. The molecule has 0 aromatic carbocycles. The summed E-state index contributed by atoms with van der Waals surface area (Å²) in [6.07, 6.45) is 4.71. The Labute approximate surface area is 109 Å². The highest BCUT2D eigenvalue weighted by atomic mass is 16.5. The smallest absolute Gasteiger partial charge is 0.213 e. The first kappa shape index (κ1) is 13.2. The van der Waals surface area contributed by atoms with Gasteiger partial charge in [-0.3, -0.25) is 0 Å². The van der Waals surface area contributed by atoms with E-state index in [0.29, 0.717) is 0 Å². The second-order valence-corrected chi connectivity index (χ2v) is 5.61. The lowest BCUT2D eigenvalue weighted by atomic mass is 9.77. The van der Waals surface area contributed by atoms with Gasteiger partial charge < -0.3 is 15.8 Å². The summed E-state index contributed by atoms with van der Waals surface area (Å²) in [5.74, 6) is 2.31. The van der Waals surface area contributed by atoms with Crippen molar-refractivity contribution in [2.24, 2.45) is 18.7 Å². The first-order valence-electron chi connectivity index (χ1n) is 6.63. The van der Waals surface area contributed by atoms with Crippen molar-refractivity contribution in [1.82, 2.24) is 9.78 Å². The highest BCUT2D eigenvalue weighted by molar-refractivity contribution is 5.39. The third kappa shape index (κ3) is 2.96. The van der Waals surface area contributed by atoms with Crippen molar-refractivity contribution in [1.29, 1.82) is 0 Å². The molecule has 1 aromatic rings. The van der Waals surface area contributed by atoms with Crippen LogP contribution in [0.2, 0.25) is 0 Å². The SMILES string of the molecule is COc1cc(NCC2(N)CCCC(C)C2)nn1C. The molecule has 0 aliphatic heterocycles. The van der Waals surface area contributed by atoms with Crippen molar-refractivity contribution >= 4 is 5.82 Å². The summed E-state index contributed by atoms with van der Waals surface area (Å²) in [6.45, 7) is 3.06. The van der Waals surface area contributed by atoms with Crippen LogP contribution in [-0.4, -0.2) is 29.0 Å². The van der Waals surface area contributed by atoms with Crippen molar-refractivity contribution in [2.45, 2.75) is 38.1 Å². The summed E-state index contributed by atoms with van der Waals surface area (Å²) in [5.41, 5.74) is 6.35. The van der Waals surface area contributed by atoms with Gasteiger partial charge in [0.05, 0.1) is 7.11 Å². The quantitative estimate of drug-likeness (QED) is 0.857. The lowest BCUT2D eigenvalue weighted by Crippen LogP contribution is -2.49. The molecule has 1 saturated carbocycles. The molecule has 1 fully saturated rings. The Hall–Kier alpha value is -1.23. The van der Waals surface area contributed by atoms with E-state index in [1.807, 2.05) is 13.1 Å². The first-order valence-corrected chi connectivity index (χ1v) is 6.63. The standard InChI is InChI=1S/C13H24N4O/c1-10-5-4-6-13(14,8-10)9-15-11-7-12(18-3)17(2)16-11/h7,10H,4-6,8-9,14H2,1-3H3,(H,15,16). The fourth-order valence-corrected chi connectivity index (χ4v) is 2.86. The molecule has 1 aliphatic carbocycles. The second kappa shape index (κ2) is 5.18. The normalized spacial score (nSPS) is 28.1. The van der Waals surface area contributed by atoms with Crippen molar-refractivity contribution in [3.8, 4) is 5.88 Å². The van der Waals surface area contributed by atoms with Gasteiger partial charge in [0.25, 0.3) is 0 Å². The molecule has 2 atom stereocenters. The average Bonchev–Trinajstić information content (AvgIpc) is 2.67. The van der Waals surface area contributed by atoms with Crippen LogP contribution in [0, 0.1) is 5.92 Å². The predicted molar refractivity (Wildman–Crippen MR) is 72.8 cm³/mol. The third-order valence-electron chi connectivity index (χ3n) is 3.79. The van der Waals surface area contributed by atoms with E-state index in [9.17, 15) is 0 Å². The number of nitrogens with one attached hydrogen (secondary N) is 1. The number of hydrogen-bond donors (Lipinski definition) is 2.